The van der Waals surface area contributed by atoms with Gasteiger partial charge in [0.05, 0.1) is 10.4 Å². The van der Waals surface area contributed by atoms with E-state index < -0.39 is 5.97 Å². The van der Waals surface area contributed by atoms with Crippen molar-refractivity contribution in [2.45, 2.75) is 48.0 Å². The Morgan fingerprint density at radius 3 is 2.07 bits per heavy atom. The lowest BCUT2D eigenvalue weighted by Gasteiger charge is -2.17. The highest BCUT2D eigenvalue weighted by Gasteiger charge is 2.21. The largest absolute Gasteiger partial charge is 0.454 e. The topological polar surface area (TPSA) is 72.5 Å². The molecule has 0 fully saturated rings. The van der Waals surface area contributed by atoms with Crippen LogP contribution in [0.25, 0.3) is 0 Å². The van der Waals surface area contributed by atoms with Crippen LogP contribution in [-0.2, 0) is 16.0 Å². The van der Waals surface area contributed by atoms with Crippen LogP contribution in [0.4, 0.5) is 0 Å². The summed E-state index contributed by atoms with van der Waals surface area (Å²) in [5.74, 6) is -0.760. The van der Waals surface area contributed by atoms with Crippen LogP contribution in [0.3, 0.4) is 0 Å². The second kappa shape index (κ2) is 9.15. The van der Waals surface area contributed by atoms with Gasteiger partial charge in [-0.3, -0.25) is 9.59 Å². The Labute approximate surface area is 170 Å². The van der Waals surface area contributed by atoms with E-state index in [4.69, 9.17) is 4.74 Å². The minimum absolute atomic E-state index is 0.0769. The Hall–Kier alpha value is -2.47. The molecule has 0 aliphatic heterocycles. The lowest BCUT2D eigenvalue weighted by molar-refractivity contribution is -0.118. The molecule has 0 radical (unpaired) electrons. The van der Waals surface area contributed by atoms with E-state index in [-0.39, 0.29) is 18.3 Å². The van der Waals surface area contributed by atoms with E-state index in [9.17, 15) is 14.4 Å². The number of benzene rings is 1. The summed E-state index contributed by atoms with van der Waals surface area (Å²) in [6.07, 6.45) is 0.664. The standard InChI is InChI=1S/C22H27NO4S/c1-12-13(2)15(4)21(16(5)14(12)3)22(26)27-11-19(25)20-8-7-18(28-20)9-10-23-17(6)24/h7-8H,9-11H2,1-6H3,(H,23,24). The molecule has 1 heterocycles. The van der Waals surface area contributed by atoms with E-state index in [2.05, 4.69) is 5.32 Å². The third kappa shape index (κ3) is 4.87. The van der Waals surface area contributed by atoms with Crippen molar-refractivity contribution in [2.75, 3.05) is 13.2 Å². The number of hydrogen-bond donors (Lipinski definition) is 1. The number of hydrogen-bond acceptors (Lipinski definition) is 5. The summed E-state index contributed by atoms with van der Waals surface area (Å²) >= 11 is 1.36. The van der Waals surface area contributed by atoms with Crippen molar-refractivity contribution < 1.29 is 19.1 Å². The highest BCUT2D eigenvalue weighted by molar-refractivity contribution is 7.14. The second-order valence-corrected chi connectivity index (χ2v) is 8.17. The molecule has 28 heavy (non-hydrogen) atoms. The second-order valence-electron chi connectivity index (χ2n) is 7.00. The maximum atomic E-state index is 12.6. The first-order chi connectivity index (χ1) is 13.1. The fourth-order valence-corrected chi connectivity index (χ4v) is 4.04. The molecular formula is C22H27NO4S. The molecule has 0 aliphatic carbocycles. The van der Waals surface area contributed by atoms with E-state index in [1.54, 1.807) is 6.07 Å². The number of thiophene rings is 1. The molecule has 1 N–H and O–H groups in total. The summed E-state index contributed by atoms with van der Waals surface area (Å²) in [6.45, 7) is 11.6. The predicted octanol–water partition coefficient (Wildman–Crippen LogP) is 4.01. The molecule has 150 valence electrons. The number of ketones is 1. The molecule has 0 unspecified atom stereocenters. The number of Topliss-reactive ketones (excluding diaryl/α,β-unsaturated/α-hetero) is 1. The first-order valence-corrected chi connectivity index (χ1v) is 10.1. The summed E-state index contributed by atoms with van der Waals surface area (Å²) in [5, 5.41) is 2.73. The minimum atomic E-state index is -0.461. The molecular weight excluding hydrogens is 374 g/mol. The predicted molar refractivity (Wildman–Crippen MR) is 111 cm³/mol. The lowest BCUT2D eigenvalue weighted by atomic mass is 9.90. The summed E-state index contributed by atoms with van der Waals surface area (Å²) in [4.78, 5) is 37.5. The van der Waals surface area contributed by atoms with Crippen LogP contribution in [0, 0.1) is 34.6 Å². The monoisotopic (exact) mass is 401 g/mol. The van der Waals surface area contributed by atoms with Gasteiger partial charge in [0.25, 0.3) is 0 Å². The van der Waals surface area contributed by atoms with Crippen LogP contribution >= 0.6 is 11.3 Å². The Bertz CT molecular complexity index is 898. The van der Waals surface area contributed by atoms with E-state index in [1.165, 1.54) is 23.8 Å². The molecule has 1 aromatic heterocycles. The quantitative estimate of drug-likeness (QED) is 0.562. The summed E-state index contributed by atoms with van der Waals surface area (Å²) in [6, 6.07) is 3.60. The molecule has 6 heteroatoms. The lowest BCUT2D eigenvalue weighted by Crippen LogP contribution is -2.22. The van der Waals surface area contributed by atoms with Crippen molar-refractivity contribution in [2.24, 2.45) is 0 Å². The Morgan fingerprint density at radius 2 is 1.50 bits per heavy atom. The maximum Gasteiger partial charge on any atom is 0.339 e. The Balaban J connectivity index is 2.03. The highest BCUT2D eigenvalue weighted by Crippen LogP contribution is 2.26. The third-order valence-electron chi connectivity index (χ3n) is 5.22. The van der Waals surface area contributed by atoms with Crippen molar-refractivity contribution in [3.05, 3.63) is 55.3 Å². The van der Waals surface area contributed by atoms with Crippen molar-refractivity contribution in [3.63, 3.8) is 0 Å². The average Bonchev–Trinajstić information content (AvgIpc) is 3.11. The van der Waals surface area contributed by atoms with Crippen LogP contribution in [0.15, 0.2) is 12.1 Å². The van der Waals surface area contributed by atoms with Gasteiger partial charge in [-0.25, -0.2) is 4.79 Å². The van der Waals surface area contributed by atoms with Crippen LogP contribution in [0.1, 0.15) is 59.6 Å². The van der Waals surface area contributed by atoms with Gasteiger partial charge in [0.15, 0.2) is 6.61 Å². The molecule has 0 atom stereocenters. The smallest absolute Gasteiger partial charge is 0.339 e. The maximum absolute atomic E-state index is 12.6. The van der Waals surface area contributed by atoms with Crippen LogP contribution < -0.4 is 5.32 Å². The molecule has 0 aliphatic rings. The van der Waals surface area contributed by atoms with Gasteiger partial charge in [0.1, 0.15) is 0 Å². The number of amides is 1. The van der Waals surface area contributed by atoms with Gasteiger partial charge in [0, 0.05) is 18.3 Å². The zero-order valence-electron chi connectivity index (χ0n) is 17.3. The summed E-state index contributed by atoms with van der Waals surface area (Å²) in [5.41, 5.74) is 5.67. The molecule has 0 bridgehead atoms. The van der Waals surface area contributed by atoms with Gasteiger partial charge in [-0.2, -0.15) is 0 Å². The van der Waals surface area contributed by atoms with Gasteiger partial charge >= 0.3 is 5.97 Å². The third-order valence-corrected chi connectivity index (χ3v) is 6.41. The fraction of sp³-hybridized carbons (Fsp3) is 0.409. The normalized spacial score (nSPS) is 10.6. The van der Waals surface area contributed by atoms with E-state index in [0.717, 1.165) is 27.1 Å². The number of esters is 1. The molecule has 1 aromatic carbocycles. The molecule has 0 spiro atoms. The Morgan fingerprint density at radius 1 is 0.929 bits per heavy atom. The average molecular weight is 402 g/mol. The molecule has 5 nitrogen and oxygen atoms in total. The van der Waals surface area contributed by atoms with Crippen molar-refractivity contribution in [1.82, 2.24) is 5.32 Å². The van der Waals surface area contributed by atoms with E-state index >= 15 is 0 Å². The van der Waals surface area contributed by atoms with Gasteiger partial charge < -0.3 is 10.1 Å². The number of carbonyl (C=O) groups excluding carboxylic acids is 3. The molecule has 1 amide bonds. The number of carbonyl (C=O) groups is 3. The van der Waals surface area contributed by atoms with Crippen LogP contribution in [0.5, 0.6) is 0 Å². The van der Waals surface area contributed by atoms with Gasteiger partial charge in [-0.1, -0.05) is 0 Å². The van der Waals surface area contributed by atoms with Crippen molar-refractivity contribution >= 4 is 29.0 Å². The van der Waals surface area contributed by atoms with Gasteiger partial charge in [0.2, 0.25) is 11.7 Å². The summed E-state index contributed by atoms with van der Waals surface area (Å²) in [7, 11) is 0. The SMILES string of the molecule is CC(=O)NCCc1ccc(C(=O)COC(=O)c2c(C)c(C)c(C)c(C)c2C)s1. The van der Waals surface area contributed by atoms with Gasteiger partial charge in [-0.05, 0) is 81.0 Å². The van der Waals surface area contributed by atoms with Crippen molar-refractivity contribution in [1.29, 1.82) is 0 Å². The van der Waals surface area contributed by atoms with E-state index in [0.29, 0.717) is 23.4 Å². The van der Waals surface area contributed by atoms with Gasteiger partial charge in [-0.15, -0.1) is 11.3 Å². The number of ether oxygens (including phenoxy) is 1. The molecule has 0 saturated carbocycles. The first-order valence-electron chi connectivity index (χ1n) is 9.23. The van der Waals surface area contributed by atoms with Crippen LogP contribution in [0.2, 0.25) is 0 Å². The fourth-order valence-electron chi connectivity index (χ4n) is 3.10. The van der Waals surface area contributed by atoms with E-state index in [1.807, 2.05) is 40.7 Å². The zero-order valence-corrected chi connectivity index (χ0v) is 18.1. The zero-order chi connectivity index (χ0) is 21.0. The minimum Gasteiger partial charge on any atom is -0.454 e. The molecule has 2 rings (SSSR count). The first kappa shape index (κ1) is 21.8. The highest BCUT2D eigenvalue weighted by atomic mass is 32.1. The number of nitrogens with one attached hydrogen (secondary N) is 1. The van der Waals surface area contributed by atoms with Crippen molar-refractivity contribution in [3.8, 4) is 0 Å². The molecule has 2 aromatic rings. The Kier molecular flexibility index (Phi) is 7.13. The van der Waals surface area contributed by atoms with Crippen LogP contribution in [-0.4, -0.2) is 30.8 Å². The molecule has 0 saturated heterocycles. The number of rotatable bonds is 7. The summed E-state index contributed by atoms with van der Waals surface area (Å²) < 4.78 is 5.34.